The van der Waals surface area contributed by atoms with E-state index in [0.29, 0.717) is 29.7 Å². The molecule has 0 aliphatic carbocycles. The third kappa shape index (κ3) is 5.47. The van der Waals surface area contributed by atoms with Crippen molar-refractivity contribution < 1.29 is 49.7 Å². The number of halogens is 8. The number of fused-ring (bicyclic) bond motifs is 1. The minimum Gasteiger partial charge on any atom is -0.454 e. The first-order valence-electron chi connectivity index (χ1n) is 11.0. The molecule has 3 aromatic carbocycles. The molecule has 0 amide bonds. The Hall–Kier alpha value is -4.46. The van der Waals surface area contributed by atoms with Gasteiger partial charge in [0.15, 0.2) is 23.0 Å². The van der Waals surface area contributed by atoms with Gasteiger partial charge in [0, 0.05) is 5.56 Å². The van der Waals surface area contributed by atoms with E-state index >= 15 is 0 Å². The standard InChI is InChI=1S/C25H13ClF7N3O4/c26-16-4-2-12(8-14(16)24(28,29)30)39-22-20(34)23(40-13-3-5-17(27)15(9-13)25(31,32)33)36-21(35-22)11-1-6-18-19(7-11)38-10-37-18/h1-9H,10,34H2. The fraction of sp³-hybridized carbons (Fsp3) is 0.120. The Morgan fingerprint density at radius 1 is 0.750 bits per heavy atom. The van der Waals surface area contributed by atoms with Crippen molar-refractivity contribution in [3.63, 3.8) is 0 Å². The number of benzene rings is 3. The van der Waals surface area contributed by atoms with Crippen LogP contribution in [0.4, 0.5) is 36.4 Å². The van der Waals surface area contributed by atoms with Crippen LogP contribution in [0.15, 0.2) is 54.6 Å². The van der Waals surface area contributed by atoms with Gasteiger partial charge in [-0.3, -0.25) is 0 Å². The summed E-state index contributed by atoms with van der Waals surface area (Å²) in [7, 11) is 0. The van der Waals surface area contributed by atoms with Crippen LogP contribution in [0, 0.1) is 5.82 Å². The zero-order valence-corrected chi connectivity index (χ0v) is 20.3. The van der Waals surface area contributed by atoms with Crippen molar-refractivity contribution >= 4 is 17.3 Å². The van der Waals surface area contributed by atoms with Gasteiger partial charge in [-0.1, -0.05) is 11.6 Å². The lowest BCUT2D eigenvalue weighted by Crippen LogP contribution is -2.09. The number of nitrogens with zero attached hydrogens (tertiary/aromatic N) is 2. The molecule has 0 spiro atoms. The predicted octanol–water partition coefficient (Wildman–Crippen LogP) is 7.87. The second-order valence-corrected chi connectivity index (χ2v) is 8.53. The lowest BCUT2D eigenvalue weighted by atomic mass is 10.2. The molecule has 208 valence electrons. The lowest BCUT2D eigenvalue weighted by Gasteiger charge is -2.16. The average molecular weight is 588 g/mol. The normalized spacial score (nSPS) is 12.9. The molecule has 2 N–H and O–H groups in total. The molecular formula is C25H13ClF7N3O4. The third-order valence-corrected chi connectivity index (χ3v) is 5.75. The maximum Gasteiger partial charge on any atom is 0.419 e. The van der Waals surface area contributed by atoms with Gasteiger partial charge in [-0.2, -0.15) is 36.3 Å². The van der Waals surface area contributed by atoms with Gasteiger partial charge >= 0.3 is 12.4 Å². The largest absolute Gasteiger partial charge is 0.454 e. The van der Waals surface area contributed by atoms with Gasteiger partial charge in [0.05, 0.1) is 16.1 Å². The molecule has 1 aliphatic rings. The summed E-state index contributed by atoms with van der Waals surface area (Å²) < 4.78 is 115. The zero-order valence-electron chi connectivity index (χ0n) is 19.5. The molecule has 0 radical (unpaired) electrons. The number of rotatable bonds is 5. The number of hydrogen-bond donors (Lipinski definition) is 1. The molecule has 15 heteroatoms. The smallest absolute Gasteiger partial charge is 0.419 e. The summed E-state index contributed by atoms with van der Waals surface area (Å²) in [5.41, 5.74) is 3.06. The summed E-state index contributed by atoms with van der Waals surface area (Å²) >= 11 is 5.66. The van der Waals surface area contributed by atoms with E-state index in [1.54, 1.807) is 0 Å². The summed E-state index contributed by atoms with van der Waals surface area (Å²) in [5, 5.41) is -0.586. The molecule has 0 fully saturated rings. The van der Waals surface area contributed by atoms with Crippen LogP contribution in [0.25, 0.3) is 11.4 Å². The number of anilines is 1. The van der Waals surface area contributed by atoms with E-state index in [0.717, 1.165) is 18.2 Å². The number of nitrogens with two attached hydrogens (primary N) is 1. The van der Waals surface area contributed by atoms with Gasteiger partial charge in [0.25, 0.3) is 0 Å². The molecule has 40 heavy (non-hydrogen) atoms. The molecule has 2 heterocycles. The van der Waals surface area contributed by atoms with Gasteiger partial charge in [-0.05, 0) is 54.6 Å². The summed E-state index contributed by atoms with van der Waals surface area (Å²) in [6, 6.07) is 9.04. The van der Waals surface area contributed by atoms with Crippen molar-refractivity contribution in [3.05, 3.63) is 76.6 Å². The Labute approximate surface area is 224 Å². The molecule has 0 atom stereocenters. The highest BCUT2D eigenvalue weighted by Crippen LogP contribution is 2.42. The number of hydrogen-bond acceptors (Lipinski definition) is 7. The molecular weight excluding hydrogens is 575 g/mol. The van der Waals surface area contributed by atoms with Gasteiger partial charge in [-0.15, -0.1) is 0 Å². The van der Waals surface area contributed by atoms with Crippen LogP contribution < -0.4 is 24.7 Å². The number of aromatic nitrogens is 2. The molecule has 1 aliphatic heterocycles. The van der Waals surface area contributed by atoms with Crippen molar-refractivity contribution in [2.24, 2.45) is 0 Å². The minimum absolute atomic E-state index is 0.0473. The Kier molecular flexibility index (Phi) is 6.74. The fourth-order valence-electron chi connectivity index (χ4n) is 3.54. The highest BCUT2D eigenvalue weighted by atomic mass is 35.5. The van der Waals surface area contributed by atoms with E-state index in [1.165, 1.54) is 18.2 Å². The molecule has 5 rings (SSSR count). The molecule has 4 aromatic rings. The van der Waals surface area contributed by atoms with E-state index in [9.17, 15) is 30.7 Å². The van der Waals surface area contributed by atoms with Gasteiger partial charge in [0.1, 0.15) is 17.3 Å². The Balaban J connectivity index is 1.60. The fourth-order valence-corrected chi connectivity index (χ4v) is 3.77. The quantitative estimate of drug-likeness (QED) is 0.238. The number of ether oxygens (including phenoxy) is 4. The second kappa shape index (κ2) is 9.93. The van der Waals surface area contributed by atoms with Crippen LogP contribution in [0.3, 0.4) is 0 Å². The van der Waals surface area contributed by atoms with Crippen LogP contribution in [0.1, 0.15) is 11.1 Å². The molecule has 0 saturated heterocycles. The van der Waals surface area contributed by atoms with Crippen LogP contribution >= 0.6 is 11.6 Å². The second-order valence-electron chi connectivity index (χ2n) is 8.12. The minimum atomic E-state index is -5.03. The molecule has 0 saturated carbocycles. The van der Waals surface area contributed by atoms with Gasteiger partial charge in [-0.25, -0.2) is 4.39 Å². The van der Waals surface area contributed by atoms with Crippen molar-refractivity contribution in [1.82, 2.24) is 9.97 Å². The van der Waals surface area contributed by atoms with E-state index in [1.807, 2.05) is 0 Å². The molecule has 7 nitrogen and oxygen atoms in total. The molecule has 0 bridgehead atoms. The summed E-state index contributed by atoms with van der Waals surface area (Å²) in [4.78, 5) is 8.30. The van der Waals surface area contributed by atoms with Crippen LogP contribution in [-0.2, 0) is 12.4 Å². The zero-order chi connectivity index (χ0) is 28.8. The summed E-state index contributed by atoms with van der Waals surface area (Å²) in [5.74, 6) is -2.83. The lowest BCUT2D eigenvalue weighted by molar-refractivity contribution is -0.140. The number of nitrogen functional groups attached to an aromatic ring is 1. The number of alkyl halides is 6. The van der Waals surface area contributed by atoms with E-state index < -0.39 is 57.5 Å². The first-order valence-corrected chi connectivity index (χ1v) is 11.3. The van der Waals surface area contributed by atoms with Crippen LogP contribution in [0.2, 0.25) is 5.02 Å². The maximum atomic E-state index is 13.8. The van der Waals surface area contributed by atoms with Crippen molar-refractivity contribution in [2.45, 2.75) is 12.4 Å². The molecule has 1 aromatic heterocycles. The van der Waals surface area contributed by atoms with E-state index in [2.05, 4.69) is 9.97 Å². The first kappa shape index (κ1) is 27.1. The predicted molar refractivity (Wildman–Crippen MR) is 126 cm³/mol. The molecule has 0 unspecified atom stereocenters. The SMILES string of the molecule is Nc1c(Oc2ccc(F)c(C(F)(F)F)c2)nc(-c2ccc3c(c2)OCO3)nc1Oc1ccc(Cl)c(C(F)(F)F)c1. The van der Waals surface area contributed by atoms with Crippen molar-refractivity contribution in [3.8, 4) is 46.1 Å². The van der Waals surface area contributed by atoms with Crippen molar-refractivity contribution in [2.75, 3.05) is 12.5 Å². The summed E-state index contributed by atoms with van der Waals surface area (Å²) in [6.07, 6.45) is -9.84. The monoisotopic (exact) mass is 587 g/mol. The van der Waals surface area contributed by atoms with Gasteiger partial charge in [0.2, 0.25) is 18.6 Å². The van der Waals surface area contributed by atoms with Crippen LogP contribution in [0.5, 0.6) is 34.8 Å². The van der Waals surface area contributed by atoms with Crippen molar-refractivity contribution in [1.29, 1.82) is 0 Å². The third-order valence-electron chi connectivity index (χ3n) is 5.42. The van der Waals surface area contributed by atoms with E-state index in [-0.39, 0.29) is 23.9 Å². The highest BCUT2D eigenvalue weighted by Gasteiger charge is 2.35. The highest BCUT2D eigenvalue weighted by molar-refractivity contribution is 6.31. The average Bonchev–Trinajstić information content (AvgIpc) is 3.35. The van der Waals surface area contributed by atoms with E-state index in [4.69, 9.17) is 36.3 Å². The van der Waals surface area contributed by atoms with Gasteiger partial charge < -0.3 is 24.7 Å². The van der Waals surface area contributed by atoms with Crippen LogP contribution in [-0.4, -0.2) is 16.8 Å². The topological polar surface area (TPSA) is 88.7 Å². The Morgan fingerprint density at radius 3 is 1.95 bits per heavy atom. The Bertz CT molecular complexity index is 1530. The maximum absolute atomic E-state index is 13.8. The first-order chi connectivity index (χ1) is 18.8. The summed E-state index contributed by atoms with van der Waals surface area (Å²) in [6.45, 7) is -0.0473. The Morgan fingerprint density at radius 2 is 1.32 bits per heavy atom.